The van der Waals surface area contributed by atoms with Gasteiger partial charge in [-0.05, 0) is 17.3 Å². The van der Waals surface area contributed by atoms with Crippen LogP contribution >= 0.6 is 0 Å². The molecule has 1 rings (SSSR count). The first-order valence-corrected chi connectivity index (χ1v) is 7.13. The Morgan fingerprint density at radius 1 is 0.812 bits per heavy atom. The molecule has 16 heavy (non-hydrogen) atoms. The third kappa shape index (κ3) is 37.0. The molecule has 0 atom stereocenters. The molecule has 1 aliphatic rings. The van der Waals surface area contributed by atoms with E-state index in [0.29, 0.717) is 5.41 Å². The fraction of sp³-hybridized carbons (Fsp3) is 1.00. The fourth-order valence-corrected chi connectivity index (χ4v) is 1.31. The van der Waals surface area contributed by atoms with Crippen molar-refractivity contribution in [3.8, 4) is 0 Å². The second-order valence-electron chi connectivity index (χ2n) is 7.48. The van der Waals surface area contributed by atoms with Crippen molar-refractivity contribution >= 4 is 0 Å². The van der Waals surface area contributed by atoms with E-state index in [-0.39, 0.29) is 0 Å². The van der Waals surface area contributed by atoms with Crippen molar-refractivity contribution in [2.75, 3.05) is 0 Å². The molecule has 0 bridgehead atoms. The molecule has 0 aromatic rings. The third-order valence-corrected chi connectivity index (χ3v) is 1.89. The highest BCUT2D eigenvalue weighted by Gasteiger charge is 2.05. The standard InChI is InChI=1S/C7H14.C5H12.C4H10/c1-7-5-3-2-4-6-7;1-5(2,3)4;1-4(2)3/h7H,2-6H2,1H3;1-4H3;4H,1-3H3. The highest BCUT2D eigenvalue weighted by Crippen LogP contribution is 2.22. The smallest absolute Gasteiger partial charge is 0.0411 e. The van der Waals surface area contributed by atoms with Crippen molar-refractivity contribution in [2.45, 2.75) is 87.5 Å². The summed E-state index contributed by atoms with van der Waals surface area (Å²) in [7, 11) is 0. The lowest BCUT2D eigenvalue weighted by molar-refractivity contribution is 0.385. The second kappa shape index (κ2) is 10.2. The Bertz CT molecular complexity index is 113. The first-order chi connectivity index (χ1) is 7.13. The average molecular weight is 228 g/mol. The van der Waals surface area contributed by atoms with Gasteiger partial charge in [-0.25, -0.2) is 0 Å². The van der Waals surface area contributed by atoms with E-state index in [2.05, 4.69) is 55.4 Å². The topological polar surface area (TPSA) is 0 Å². The zero-order chi connectivity index (χ0) is 13.2. The molecule has 0 heteroatoms. The van der Waals surface area contributed by atoms with Crippen LogP contribution in [0.4, 0.5) is 0 Å². The van der Waals surface area contributed by atoms with Crippen LogP contribution in [0.5, 0.6) is 0 Å². The lowest BCUT2D eigenvalue weighted by Crippen LogP contribution is -1.99. The van der Waals surface area contributed by atoms with E-state index in [9.17, 15) is 0 Å². The summed E-state index contributed by atoms with van der Waals surface area (Å²) in [6.07, 6.45) is 7.44. The molecule has 0 spiro atoms. The summed E-state index contributed by atoms with van der Waals surface area (Å²) in [5, 5.41) is 0. The molecule has 0 aliphatic heterocycles. The molecule has 1 aliphatic carbocycles. The van der Waals surface area contributed by atoms with Gasteiger partial charge in [-0.2, -0.15) is 0 Å². The van der Waals surface area contributed by atoms with Gasteiger partial charge in [0.1, 0.15) is 0 Å². The van der Waals surface area contributed by atoms with Crippen molar-refractivity contribution in [2.24, 2.45) is 17.3 Å². The molecular formula is C16H36. The lowest BCUT2D eigenvalue weighted by atomic mass is 9.91. The van der Waals surface area contributed by atoms with Crippen LogP contribution in [-0.2, 0) is 0 Å². The molecule has 0 unspecified atom stereocenters. The van der Waals surface area contributed by atoms with E-state index in [0.717, 1.165) is 11.8 Å². The van der Waals surface area contributed by atoms with Crippen LogP contribution in [0.3, 0.4) is 0 Å². The molecule has 0 heterocycles. The van der Waals surface area contributed by atoms with E-state index in [1.54, 1.807) is 0 Å². The zero-order valence-corrected chi connectivity index (χ0v) is 13.2. The molecule has 1 fully saturated rings. The van der Waals surface area contributed by atoms with Gasteiger partial charge in [0.15, 0.2) is 0 Å². The van der Waals surface area contributed by atoms with Gasteiger partial charge in [0.05, 0.1) is 0 Å². The summed E-state index contributed by atoms with van der Waals surface area (Å²) in [6, 6.07) is 0. The average Bonchev–Trinajstić information content (AvgIpc) is 2.00. The molecule has 1 saturated carbocycles. The maximum absolute atomic E-state index is 2.36. The third-order valence-electron chi connectivity index (χ3n) is 1.89. The van der Waals surface area contributed by atoms with Gasteiger partial charge in [0.25, 0.3) is 0 Å². The maximum Gasteiger partial charge on any atom is -0.0411 e. The van der Waals surface area contributed by atoms with Gasteiger partial charge >= 0.3 is 0 Å². The molecule has 0 N–H and O–H groups in total. The van der Waals surface area contributed by atoms with Crippen molar-refractivity contribution in [1.82, 2.24) is 0 Å². The predicted molar refractivity (Wildman–Crippen MR) is 77.9 cm³/mol. The summed E-state index contributed by atoms with van der Waals surface area (Å²) in [5.41, 5.74) is 0.500. The highest BCUT2D eigenvalue weighted by molar-refractivity contribution is 4.59. The summed E-state index contributed by atoms with van der Waals surface area (Å²) in [6.45, 7) is 17.6. The van der Waals surface area contributed by atoms with Gasteiger partial charge in [-0.1, -0.05) is 87.5 Å². The Kier molecular flexibility index (Phi) is 11.7. The molecule has 0 amide bonds. The zero-order valence-electron chi connectivity index (χ0n) is 13.2. The van der Waals surface area contributed by atoms with Crippen LogP contribution in [0.15, 0.2) is 0 Å². The molecule has 0 nitrogen and oxygen atoms in total. The second-order valence-corrected chi connectivity index (χ2v) is 7.48. The Balaban J connectivity index is 0. The SMILES string of the molecule is CC(C)(C)C.CC(C)C.CC1CCCCC1. The van der Waals surface area contributed by atoms with Crippen LogP contribution in [-0.4, -0.2) is 0 Å². The van der Waals surface area contributed by atoms with E-state index in [1.807, 2.05) is 0 Å². The molecule has 100 valence electrons. The molecule has 0 radical (unpaired) electrons. The minimum Gasteiger partial charge on any atom is -0.0630 e. The van der Waals surface area contributed by atoms with E-state index in [4.69, 9.17) is 0 Å². The predicted octanol–water partition coefficient (Wildman–Crippen LogP) is 6.30. The lowest BCUT2D eigenvalue weighted by Gasteiger charge is -2.15. The number of hydrogen-bond acceptors (Lipinski definition) is 0. The first-order valence-electron chi connectivity index (χ1n) is 7.13. The van der Waals surface area contributed by atoms with E-state index >= 15 is 0 Å². The molecule has 0 aromatic carbocycles. The quantitative estimate of drug-likeness (QED) is 0.456. The number of hydrogen-bond donors (Lipinski definition) is 0. The van der Waals surface area contributed by atoms with Crippen molar-refractivity contribution < 1.29 is 0 Å². The van der Waals surface area contributed by atoms with Crippen LogP contribution in [0.25, 0.3) is 0 Å². The van der Waals surface area contributed by atoms with Gasteiger partial charge in [0.2, 0.25) is 0 Å². The summed E-state index contributed by atoms with van der Waals surface area (Å²) in [5.74, 6) is 1.87. The Morgan fingerprint density at radius 3 is 1.19 bits per heavy atom. The van der Waals surface area contributed by atoms with Crippen molar-refractivity contribution in [3.63, 3.8) is 0 Å². The fourth-order valence-electron chi connectivity index (χ4n) is 1.31. The molecular weight excluding hydrogens is 192 g/mol. The van der Waals surface area contributed by atoms with Crippen LogP contribution < -0.4 is 0 Å². The Hall–Kier alpha value is 0. The minimum absolute atomic E-state index is 0.500. The van der Waals surface area contributed by atoms with Crippen LogP contribution in [0.1, 0.15) is 87.5 Å². The number of rotatable bonds is 0. The molecule has 0 aromatic heterocycles. The summed E-state index contributed by atoms with van der Waals surface area (Å²) in [4.78, 5) is 0. The normalized spacial score (nSPS) is 17.1. The van der Waals surface area contributed by atoms with Gasteiger partial charge < -0.3 is 0 Å². The monoisotopic (exact) mass is 228 g/mol. The van der Waals surface area contributed by atoms with Gasteiger partial charge in [0, 0.05) is 0 Å². The summed E-state index contributed by atoms with van der Waals surface area (Å²) < 4.78 is 0. The Morgan fingerprint density at radius 2 is 1.06 bits per heavy atom. The highest BCUT2D eigenvalue weighted by atomic mass is 14.1. The minimum atomic E-state index is 0.500. The molecule has 0 saturated heterocycles. The Labute approximate surface area is 105 Å². The van der Waals surface area contributed by atoms with E-state index < -0.39 is 0 Å². The van der Waals surface area contributed by atoms with Gasteiger partial charge in [-0.3, -0.25) is 0 Å². The van der Waals surface area contributed by atoms with Crippen LogP contribution in [0.2, 0.25) is 0 Å². The van der Waals surface area contributed by atoms with Gasteiger partial charge in [-0.15, -0.1) is 0 Å². The van der Waals surface area contributed by atoms with Crippen LogP contribution in [0, 0.1) is 17.3 Å². The largest absolute Gasteiger partial charge is 0.0630 e. The maximum atomic E-state index is 2.36. The summed E-state index contributed by atoms with van der Waals surface area (Å²) >= 11 is 0. The van der Waals surface area contributed by atoms with E-state index in [1.165, 1.54) is 32.1 Å². The van der Waals surface area contributed by atoms with Crippen molar-refractivity contribution in [3.05, 3.63) is 0 Å². The first kappa shape index (κ1) is 18.4. The van der Waals surface area contributed by atoms with Crippen molar-refractivity contribution in [1.29, 1.82) is 0 Å².